The first-order valence-electron chi connectivity index (χ1n) is 9.52. The zero-order valence-electron chi connectivity index (χ0n) is 15.5. The van der Waals surface area contributed by atoms with Crippen LogP contribution in [0.15, 0.2) is 58.6 Å². The Hall–Kier alpha value is -1.90. The highest BCUT2D eigenvalue weighted by Crippen LogP contribution is 2.36. The van der Waals surface area contributed by atoms with E-state index in [1.807, 2.05) is 30.3 Å². The third kappa shape index (κ3) is 4.39. The molecule has 2 heterocycles. The fourth-order valence-corrected chi connectivity index (χ4v) is 5.63. The number of sulfonamides is 1. The Morgan fingerprint density at radius 1 is 1.11 bits per heavy atom. The summed E-state index contributed by atoms with van der Waals surface area (Å²) in [4.78, 5) is 17.3. The quantitative estimate of drug-likeness (QED) is 0.701. The first-order chi connectivity index (χ1) is 13.5. The normalized spacial score (nSPS) is 18.7. The Kier molecular flexibility index (Phi) is 5.70. The first kappa shape index (κ1) is 19.4. The van der Waals surface area contributed by atoms with Crippen molar-refractivity contribution in [3.05, 3.63) is 54.2 Å². The van der Waals surface area contributed by atoms with E-state index in [1.165, 1.54) is 22.3 Å². The molecule has 148 valence electrons. The van der Waals surface area contributed by atoms with E-state index in [2.05, 4.69) is 10.3 Å². The maximum atomic E-state index is 12.7. The standard InChI is InChI=1S/C20H23N3O3S2/c24-20(22-16-8-9-16)19(15-6-2-1-3-7-15)27-18-11-10-17(14-21-18)28(25,26)23-12-4-5-13-23/h1-3,6-7,10-11,14,16,19H,4-5,8-9,12-13H2,(H,22,24). The van der Waals surface area contributed by atoms with Gasteiger partial charge < -0.3 is 5.32 Å². The van der Waals surface area contributed by atoms with Crippen molar-refractivity contribution < 1.29 is 13.2 Å². The second kappa shape index (κ2) is 8.23. The molecule has 0 radical (unpaired) electrons. The van der Waals surface area contributed by atoms with Crippen LogP contribution in [0, 0.1) is 0 Å². The van der Waals surface area contributed by atoms with Gasteiger partial charge in [0, 0.05) is 25.3 Å². The van der Waals surface area contributed by atoms with Gasteiger partial charge in [0.05, 0.1) is 5.03 Å². The lowest BCUT2D eigenvalue weighted by atomic mass is 10.1. The van der Waals surface area contributed by atoms with Crippen LogP contribution in [0.4, 0.5) is 0 Å². The average molecular weight is 418 g/mol. The average Bonchev–Trinajstić information content (AvgIpc) is 3.34. The van der Waals surface area contributed by atoms with Gasteiger partial charge in [-0.05, 0) is 43.4 Å². The van der Waals surface area contributed by atoms with Gasteiger partial charge in [-0.1, -0.05) is 42.1 Å². The summed E-state index contributed by atoms with van der Waals surface area (Å²) >= 11 is 1.34. The van der Waals surface area contributed by atoms with Crippen LogP contribution in [0.1, 0.15) is 36.5 Å². The number of aromatic nitrogens is 1. The Labute approximate surface area is 169 Å². The van der Waals surface area contributed by atoms with Crippen molar-refractivity contribution in [2.75, 3.05) is 13.1 Å². The number of nitrogens with one attached hydrogen (secondary N) is 1. The molecule has 0 bridgehead atoms. The molecule has 2 aromatic rings. The lowest BCUT2D eigenvalue weighted by molar-refractivity contribution is -0.120. The van der Waals surface area contributed by atoms with E-state index in [0.717, 1.165) is 31.2 Å². The Morgan fingerprint density at radius 2 is 1.82 bits per heavy atom. The molecule has 8 heteroatoms. The zero-order valence-corrected chi connectivity index (χ0v) is 17.1. The molecular weight excluding hydrogens is 394 g/mol. The van der Waals surface area contributed by atoms with E-state index in [0.29, 0.717) is 18.1 Å². The molecule has 2 aliphatic rings. The van der Waals surface area contributed by atoms with Gasteiger partial charge in [0.1, 0.15) is 10.1 Å². The van der Waals surface area contributed by atoms with Gasteiger partial charge in [0.25, 0.3) is 0 Å². The predicted molar refractivity (Wildman–Crippen MR) is 108 cm³/mol. The summed E-state index contributed by atoms with van der Waals surface area (Å²) in [6.07, 6.45) is 5.25. The fourth-order valence-electron chi connectivity index (χ4n) is 3.19. The molecule has 1 amide bonds. The molecule has 1 saturated heterocycles. The van der Waals surface area contributed by atoms with Crippen LogP contribution in [-0.2, 0) is 14.8 Å². The van der Waals surface area contributed by atoms with E-state index in [4.69, 9.17) is 0 Å². The second-order valence-electron chi connectivity index (χ2n) is 7.13. The molecule has 1 unspecified atom stereocenters. The van der Waals surface area contributed by atoms with E-state index in [9.17, 15) is 13.2 Å². The summed E-state index contributed by atoms with van der Waals surface area (Å²) in [5, 5.41) is 3.26. The largest absolute Gasteiger partial charge is 0.352 e. The van der Waals surface area contributed by atoms with Gasteiger partial charge in [0.2, 0.25) is 15.9 Å². The monoisotopic (exact) mass is 417 g/mol. The molecule has 6 nitrogen and oxygen atoms in total. The number of benzene rings is 1. The van der Waals surface area contributed by atoms with Crippen molar-refractivity contribution in [1.29, 1.82) is 0 Å². The summed E-state index contributed by atoms with van der Waals surface area (Å²) in [5.74, 6) is -0.0331. The van der Waals surface area contributed by atoms with Crippen molar-refractivity contribution in [3.8, 4) is 0 Å². The minimum absolute atomic E-state index is 0.0331. The van der Waals surface area contributed by atoms with E-state index in [1.54, 1.807) is 12.1 Å². The molecule has 4 rings (SSSR count). The summed E-state index contributed by atoms with van der Waals surface area (Å²) in [7, 11) is -3.48. The van der Waals surface area contributed by atoms with Crippen LogP contribution in [0.5, 0.6) is 0 Å². The van der Waals surface area contributed by atoms with Crippen molar-refractivity contribution in [3.63, 3.8) is 0 Å². The van der Waals surface area contributed by atoms with Gasteiger partial charge in [-0.25, -0.2) is 13.4 Å². The molecule has 1 N–H and O–H groups in total. The number of amides is 1. The number of hydrogen-bond acceptors (Lipinski definition) is 5. The van der Waals surface area contributed by atoms with Crippen LogP contribution in [0.25, 0.3) is 0 Å². The predicted octanol–water partition coefficient (Wildman–Crippen LogP) is 2.98. The molecule has 1 aliphatic heterocycles. The maximum Gasteiger partial charge on any atom is 0.244 e. The molecule has 1 atom stereocenters. The van der Waals surface area contributed by atoms with Crippen LogP contribution in [0.2, 0.25) is 0 Å². The van der Waals surface area contributed by atoms with E-state index < -0.39 is 15.3 Å². The zero-order chi connectivity index (χ0) is 19.6. The summed E-state index contributed by atoms with van der Waals surface area (Å²) in [6, 6.07) is 13.1. The smallest absolute Gasteiger partial charge is 0.244 e. The molecule has 1 aromatic heterocycles. The third-order valence-corrected chi connectivity index (χ3v) is 8.00. The minimum Gasteiger partial charge on any atom is -0.352 e. The topological polar surface area (TPSA) is 79.4 Å². The lowest BCUT2D eigenvalue weighted by Gasteiger charge is -2.17. The molecule has 1 aromatic carbocycles. The summed E-state index contributed by atoms with van der Waals surface area (Å²) < 4.78 is 26.8. The van der Waals surface area contributed by atoms with Gasteiger partial charge in [0.15, 0.2) is 0 Å². The molecule has 0 spiro atoms. The highest BCUT2D eigenvalue weighted by Gasteiger charge is 2.30. The fraction of sp³-hybridized carbons (Fsp3) is 0.400. The van der Waals surface area contributed by atoms with Gasteiger partial charge in [-0.15, -0.1) is 0 Å². The van der Waals surface area contributed by atoms with Gasteiger partial charge >= 0.3 is 0 Å². The van der Waals surface area contributed by atoms with E-state index >= 15 is 0 Å². The summed E-state index contributed by atoms with van der Waals surface area (Å²) in [6.45, 7) is 1.13. The highest BCUT2D eigenvalue weighted by molar-refractivity contribution is 8.00. The number of pyridine rings is 1. The Bertz CT molecular complexity index is 923. The van der Waals surface area contributed by atoms with Crippen molar-refractivity contribution in [2.45, 2.75) is 46.9 Å². The first-order valence-corrected chi connectivity index (χ1v) is 11.8. The summed E-state index contributed by atoms with van der Waals surface area (Å²) in [5.41, 5.74) is 0.904. The number of carbonyl (C=O) groups excluding carboxylic acids is 1. The van der Waals surface area contributed by atoms with Gasteiger partial charge in [-0.2, -0.15) is 4.31 Å². The molecule has 28 heavy (non-hydrogen) atoms. The number of carbonyl (C=O) groups is 1. The molecule has 2 fully saturated rings. The van der Waals surface area contributed by atoms with Crippen LogP contribution in [0.3, 0.4) is 0 Å². The van der Waals surface area contributed by atoms with Crippen molar-refractivity contribution >= 4 is 27.7 Å². The highest BCUT2D eigenvalue weighted by atomic mass is 32.2. The maximum absolute atomic E-state index is 12.7. The van der Waals surface area contributed by atoms with Crippen molar-refractivity contribution in [1.82, 2.24) is 14.6 Å². The van der Waals surface area contributed by atoms with Crippen LogP contribution < -0.4 is 5.32 Å². The minimum atomic E-state index is -3.48. The number of rotatable bonds is 7. The van der Waals surface area contributed by atoms with Gasteiger partial charge in [-0.3, -0.25) is 4.79 Å². The van der Waals surface area contributed by atoms with Crippen LogP contribution >= 0.6 is 11.8 Å². The number of hydrogen-bond donors (Lipinski definition) is 1. The second-order valence-corrected chi connectivity index (χ2v) is 10.2. The molecule has 1 saturated carbocycles. The van der Waals surface area contributed by atoms with Crippen LogP contribution in [-0.4, -0.2) is 42.7 Å². The number of thioether (sulfide) groups is 1. The van der Waals surface area contributed by atoms with Crippen molar-refractivity contribution in [2.24, 2.45) is 0 Å². The molecular formula is C20H23N3O3S2. The SMILES string of the molecule is O=C(NC1CC1)C(Sc1ccc(S(=O)(=O)N2CCCC2)cn1)c1ccccc1. The van der Waals surface area contributed by atoms with E-state index in [-0.39, 0.29) is 16.8 Å². The Morgan fingerprint density at radius 3 is 2.43 bits per heavy atom. The number of nitrogens with zero attached hydrogens (tertiary/aromatic N) is 2. The lowest BCUT2D eigenvalue weighted by Crippen LogP contribution is -2.29. The molecule has 1 aliphatic carbocycles. The Balaban J connectivity index is 1.52. The third-order valence-electron chi connectivity index (χ3n) is 4.91.